The van der Waals surface area contributed by atoms with Gasteiger partial charge in [0.15, 0.2) is 0 Å². The first-order valence-corrected chi connectivity index (χ1v) is 15.9. The van der Waals surface area contributed by atoms with E-state index in [1.807, 2.05) is 0 Å². The summed E-state index contributed by atoms with van der Waals surface area (Å²) in [4.78, 5) is 12.2. The SMILES string of the molecule is C=C(C)[C@@H]1CC[C@]2(CO)CC[C@]3(C)[C@H](CC[C@@H]4[C@@]5(C)CCC(OC(=O)CBr)C(C)(C)[C@@H]5CC[C@]43C)[C@@H]12. The third kappa shape index (κ3) is 3.47. The van der Waals surface area contributed by atoms with Crippen molar-refractivity contribution in [2.45, 2.75) is 112 Å². The van der Waals surface area contributed by atoms with Gasteiger partial charge in [0.05, 0.1) is 0 Å². The topological polar surface area (TPSA) is 46.5 Å². The van der Waals surface area contributed by atoms with Crippen LogP contribution in [0.1, 0.15) is 106 Å². The van der Waals surface area contributed by atoms with Gasteiger partial charge in [-0.1, -0.05) is 62.7 Å². The number of carbonyl (C=O) groups excluding carboxylic acids is 1. The Balaban J connectivity index is 1.49. The Morgan fingerprint density at radius 2 is 1.64 bits per heavy atom. The maximum absolute atomic E-state index is 12.2. The molecule has 0 aromatic carbocycles. The molecule has 0 bridgehead atoms. The molecule has 0 amide bonds. The van der Waals surface area contributed by atoms with E-state index < -0.39 is 0 Å². The molecule has 36 heavy (non-hydrogen) atoms. The summed E-state index contributed by atoms with van der Waals surface area (Å²) in [5, 5.41) is 11.0. The van der Waals surface area contributed by atoms with E-state index in [1.54, 1.807) is 0 Å². The molecule has 0 aromatic heterocycles. The highest BCUT2D eigenvalue weighted by molar-refractivity contribution is 9.09. The van der Waals surface area contributed by atoms with E-state index in [0.717, 1.165) is 6.42 Å². The van der Waals surface area contributed by atoms with Crippen molar-refractivity contribution < 1.29 is 14.6 Å². The number of halogens is 1. The first kappa shape index (κ1) is 27.2. The zero-order valence-corrected chi connectivity index (χ0v) is 25.4. The Morgan fingerprint density at radius 1 is 0.917 bits per heavy atom. The molecule has 5 fully saturated rings. The molecule has 3 nitrogen and oxygen atoms in total. The second-order valence-electron chi connectivity index (χ2n) is 15.2. The Hall–Kier alpha value is -0.350. The van der Waals surface area contributed by atoms with E-state index in [9.17, 15) is 9.90 Å². The lowest BCUT2D eigenvalue weighted by Gasteiger charge is -2.73. The van der Waals surface area contributed by atoms with Gasteiger partial charge in [-0.05, 0) is 122 Å². The van der Waals surface area contributed by atoms with Gasteiger partial charge in [-0.25, -0.2) is 0 Å². The smallest absolute Gasteiger partial charge is 0.316 e. The van der Waals surface area contributed by atoms with E-state index in [2.05, 4.69) is 64.1 Å². The molecule has 0 aliphatic heterocycles. The molecule has 4 heteroatoms. The quantitative estimate of drug-likeness (QED) is 0.215. The van der Waals surface area contributed by atoms with Crippen LogP contribution in [-0.4, -0.2) is 29.1 Å². The fourth-order valence-corrected chi connectivity index (χ4v) is 12.1. The largest absolute Gasteiger partial charge is 0.461 e. The Bertz CT molecular complexity index is 913. The average Bonchev–Trinajstić information content (AvgIpc) is 3.22. The van der Waals surface area contributed by atoms with Crippen LogP contribution in [0.5, 0.6) is 0 Å². The number of alkyl halides is 1. The molecule has 0 spiro atoms. The molecular formula is C32H51BrO3. The number of aliphatic hydroxyl groups excluding tert-OH is 1. The standard InChI is InChI=1S/C32H51BrO3/c1-20(2)21-10-15-32(19-34)17-16-30(6)22(27(21)32)8-9-24-29(5)13-12-25(36-26(35)18-33)28(3,4)23(29)11-14-31(24,30)7/h21-25,27,34H,1,8-19H2,2-7H3/t21-,22+,23-,24+,25?,27+,29-,30+,31+,32+/m0/s1. The Morgan fingerprint density at radius 3 is 2.28 bits per heavy atom. The van der Waals surface area contributed by atoms with Crippen molar-refractivity contribution in [1.29, 1.82) is 0 Å². The predicted molar refractivity (Wildman–Crippen MR) is 150 cm³/mol. The van der Waals surface area contributed by atoms with Crippen molar-refractivity contribution in [1.82, 2.24) is 0 Å². The molecule has 1 N–H and O–H groups in total. The van der Waals surface area contributed by atoms with Gasteiger partial charge >= 0.3 is 5.97 Å². The van der Waals surface area contributed by atoms with Crippen molar-refractivity contribution in [3.63, 3.8) is 0 Å². The van der Waals surface area contributed by atoms with E-state index in [0.29, 0.717) is 47.0 Å². The van der Waals surface area contributed by atoms with Crippen LogP contribution >= 0.6 is 15.9 Å². The third-order valence-corrected chi connectivity index (χ3v) is 14.3. The highest BCUT2D eigenvalue weighted by atomic mass is 79.9. The molecule has 1 unspecified atom stereocenters. The molecule has 10 atom stereocenters. The van der Waals surface area contributed by atoms with E-state index in [1.165, 1.54) is 63.4 Å². The van der Waals surface area contributed by atoms with Crippen molar-refractivity contribution in [3.8, 4) is 0 Å². The van der Waals surface area contributed by atoms with Crippen LogP contribution in [0, 0.1) is 56.7 Å². The van der Waals surface area contributed by atoms with Crippen molar-refractivity contribution in [2.75, 3.05) is 11.9 Å². The lowest BCUT2D eigenvalue weighted by molar-refractivity contribution is -0.251. The van der Waals surface area contributed by atoms with Crippen LogP contribution in [0.25, 0.3) is 0 Å². The highest BCUT2D eigenvalue weighted by Gasteiger charge is 2.71. The number of rotatable bonds is 4. The molecule has 5 aliphatic rings. The fraction of sp³-hybridized carbons (Fsp3) is 0.906. The lowest BCUT2D eigenvalue weighted by Crippen LogP contribution is -2.67. The monoisotopic (exact) mass is 562 g/mol. The van der Waals surface area contributed by atoms with Gasteiger partial charge in [-0.2, -0.15) is 0 Å². The minimum atomic E-state index is -0.122. The van der Waals surface area contributed by atoms with Crippen LogP contribution < -0.4 is 0 Å². The van der Waals surface area contributed by atoms with Crippen LogP contribution in [0.3, 0.4) is 0 Å². The summed E-state index contributed by atoms with van der Waals surface area (Å²) in [5.74, 6) is 3.03. The number of hydrogen-bond acceptors (Lipinski definition) is 3. The van der Waals surface area contributed by atoms with Gasteiger partial charge in [0.25, 0.3) is 0 Å². The molecule has 0 aromatic rings. The summed E-state index contributed by atoms with van der Waals surface area (Å²) >= 11 is 3.30. The summed E-state index contributed by atoms with van der Waals surface area (Å²) in [5.41, 5.74) is 2.39. The summed E-state index contributed by atoms with van der Waals surface area (Å²) in [7, 11) is 0. The molecule has 204 valence electrons. The minimum Gasteiger partial charge on any atom is -0.461 e. The summed E-state index contributed by atoms with van der Waals surface area (Å²) in [6, 6.07) is 0. The summed E-state index contributed by atoms with van der Waals surface area (Å²) in [6.45, 7) is 19.8. The molecule has 0 saturated heterocycles. The van der Waals surface area contributed by atoms with Gasteiger partial charge in [0.1, 0.15) is 11.4 Å². The maximum Gasteiger partial charge on any atom is 0.316 e. The van der Waals surface area contributed by atoms with Crippen molar-refractivity contribution in [2.24, 2.45) is 56.7 Å². The Labute approximate surface area is 228 Å². The number of aliphatic hydroxyl groups is 1. The second kappa shape index (κ2) is 8.83. The number of esters is 1. The van der Waals surface area contributed by atoms with Crippen LogP contribution in [-0.2, 0) is 9.53 Å². The first-order chi connectivity index (χ1) is 16.8. The van der Waals surface area contributed by atoms with Gasteiger partial charge in [-0.15, -0.1) is 0 Å². The number of carbonyl (C=O) groups is 1. The fourth-order valence-electron chi connectivity index (χ4n) is 11.9. The second-order valence-corrected chi connectivity index (χ2v) is 15.7. The lowest BCUT2D eigenvalue weighted by atomic mass is 9.32. The van der Waals surface area contributed by atoms with Gasteiger partial charge in [-0.3, -0.25) is 4.79 Å². The number of ether oxygens (including phenoxy) is 1. The molecular weight excluding hydrogens is 512 g/mol. The third-order valence-electron chi connectivity index (χ3n) is 13.9. The van der Waals surface area contributed by atoms with Gasteiger partial charge < -0.3 is 9.84 Å². The summed E-state index contributed by atoms with van der Waals surface area (Å²) in [6.07, 6.45) is 12.2. The first-order valence-electron chi connectivity index (χ1n) is 14.8. The Kier molecular flexibility index (Phi) is 6.68. The maximum atomic E-state index is 12.2. The van der Waals surface area contributed by atoms with Crippen LogP contribution in [0.15, 0.2) is 12.2 Å². The molecule has 0 radical (unpaired) electrons. The number of allylic oxidation sites excluding steroid dienone is 1. The molecule has 5 saturated carbocycles. The normalized spacial score (nSPS) is 51.3. The molecule has 5 rings (SSSR count). The van der Waals surface area contributed by atoms with Crippen LogP contribution in [0.4, 0.5) is 0 Å². The van der Waals surface area contributed by atoms with E-state index in [-0.39, 0.29) is 33.6 Å². The predicted octanol–water partition coefficient (Wildman–Crippen LogP) is 7.94. The zero-order valence-electron chi connectivity index (χ0n) is 23.8. The highest BCUT2D eigenvalue weighted by Crippen LogP contribution is 2.77. The number of hydrogen-bond donors (Lipinski definition) is 1. The van der Waals surface area contributed by atoms with Crippen LogP contribution in [0.2, 0.25) is 0 Å². The molecule has 5 aliphatic carbocycles. The van der Waals surface area contributed by atoms with E-state index in [4.69, 9.17) is 4.74 Å². The van der Waals surface area contributed by atoms with Gasteiger partial charge in [0, 0.05) is 12.0 Å². The zero-order chi connectivity index (χ0) is 26.3. The van der Waals surface area contributed by atoms with Crippen molar-refractivity contribution in [3.05, 3.63) is 12.2 Å². The van der Waals surface area contributed by atoms with Crippen molar-refractivity contribution >= 4 is 21.9 Å². The van der Waals surface area contributed by atoms with Gasteiger partial charge in [0.2, 0.25) is 0 Å². The molecule has 0 heterocycles. The average molecular weight is 564 g/mol. The number of fused-ring (bicyclic) bond motifs is 7. The minimum absolute atomic E-state index is 0.000972. The van der Waals surface area contributed by atoms with E-state index >= 15 is 0 Å². The summed E-state index contributed by atoms with van der Waals surface area (Å²) < 4.78 is 6.00.